The zero-order chi connectivity index (χ0) is 15.1. The van der Waals surface area contributed by atoms with Crippen LogP contribution in [0.4, 0.5) is 5.82 Å². The maximum absolute atomic E-state index is 6.24. The summed E-state index contributed by atoms with van der Waals surface area (Å²) < 4.78 is 7.19. The lowest BCUT2D eigenvalue weighted by molar-refractivity contribution is 0.133. The van der Waals surface area contributed by atoms with Gasteiger partial charge in [0.2, 0.25) is 0 Å². The van der Waals surface area contributed by atoms with Crippen molar-refractivity contribution in [3.05, 3.63) is 59.4 Å². The van der Waals surface area contributed by atoms with Crippen molar-refractivity contribution >= 4 is 5.82 Å². The fourth-order valence-corrected chi connectivity index (χ4v) is 2.73. The molecule has 0 fully saturated rings. The molecule has 1 aromatic carbocycles. The van der Waals surface area contributed by atoms with E-state index in [4.69, 9.17) is 10.5 Å². The van der Waals surface area contributed by atoms with Crippen LogP contribution in [0.1, 0.15) is 16.8 Å². The van der Waals surface area contributed by atoms with Crippen LogP contribution in [-0.4, -0.2) is 14.8 Å². The van der Waals surface area contributed by atoms with Gasteiger partial charge >= 0.3 is 0 Å². The standard InChI is InChI=1S/C17H16N4O/c1-11-16(12-7-13-9-22-10-15(13)19-8-12)20-21(17(11)18)14-5-3-2-4-6-14/h2-8H,9-10,18H2,1H3. The third-order valence-corrected chi connectivity index (χ3v) is 4.00. The first-order chi connectivity index (χ1) is 10.7. The van der Waals surface area contributed by atoms with Crippen molar-refractivity contribution in [1.29, 1.82) is 0 Å². The van der Waals surface area contributed by atoms with Crippen LogP contribution < -0.4 is 5.73 Å². The Labute approximate surface area is 128 Å². The summed E-state index contributed by atoms with van der Waals surface area (Å²) >= 11 is 0. The van der Waals surface area contributed by atoms with Gasteiger partial charge in [-0.25, -0.2) is 4.68 Å². The molecule has 4 rings (SSSR count). The van der Waals surface area contributed by atoms with Gasteiger partial charge in [-0.2, -0.15) is 5.10 Å². The summed E-state index contributed by atoms with van der Waals surface area (Å²) in [7, 11) is 0. The van der Waals surface area contributed by atoms with Crippen LogP contribution in [0.2, 0.25) is 0 Å². The predicted molar refractivity (Wildman–Crippen MR) is 84.4 cm³/mol. The molecule has 2 N–H and O–H groups in total. The summed E-state index contributed by atoms with van der Waals surface area (Å²) in [5, 5.41) is 4.69. The molecule has 0 spiro atoms. The maximum Gasteiger partial charge on any atom is 0.130 e. The van der Waals surface area contributed by atoms with Gasteiger partial charge in [0.1, 0.15) is 5.82 Å². The van der Waals surface area contributed by atoms with E-state index in [1.54, 1.807) is 4.68 Å². The van der Waals surface area contributed by atoms with Crippen molar-refractivity contribution in [3.8, 4) is 16.9 Å². The number of para-hydroxylation sites is 1. The number of nitrogens with zero attached hydrogens (tertiary/aromatic N) is 3. The van der Waals surface area contributed by atoms with E-state index in [-0.39, 0.29) is 0 Å². The molecular weight excluding hydrogens is 276 g/mol. The SMILES string of the molecule is Cc1c(-c2cnc3c(c2)COC3)nn(-c2ccccc2)c1N. The minimum Gasteiger partial charge on any atom is -0.383 e. The highest BCUT2D eigenvalue weighted by Gasteiger charge is 2.18. The number of anilines is 1. The molecule has 0 saturated carbocycles. The van der Waals surface area contributed by atoms with Crippen LogP contribution in [0.25, 0.3) is 16.9 Å². The number of rotatable bonds is 2. The van der Waals surface area contributed by atoms with Crippen LogP contribution >= 0.6 is 0 Å². The fraction of sp³-hybridized carbons (Fsp3) is 0.176. The molecular formula is C17H16N4O. The van der Waals surface area contributed by atoms with E-state index in [1.165, 1.54) is 0 Å². The van der Waals surface area contributed by atoms with Gasteiger partial charge in [0.05, 0.1) is 30.3 Å². The van der Waals surface area contributed by atoms with Crippen LogP contribution in [0.5, 0.6) is 0 Å². The van der Waals surface area contributed by atoms with E-state index in [0.717, 1.165) is 33.8 Å². The summed E-state index contributed by atoms with van der Waals surface area (Å²) in [6, 6.07) is 12.0. The van der Waals surface area contributed by atoms with Crippen LogP contribution in [0, 0.1) is 6.92 Å². The van der Waals surface area contributed by atoms with Gasteiger partial charge in [-0.3, -0.25) is 4.98 Å². The molecule has 3 heterocycles. The summed E-state index contributed by atoms with van der Waals surface area (Å²) in [5.41, 5.74) is 12.1. The van der Waals surface area contributed by atoms with E-state index in [0.29, 0.717) is 19.0 Å². The highest BCUT2D eigenvalue weighted by molar-refractivity contribution is 5.69. The summed E-state index contributed by atoms with van der Waals surface area (Å²) in [5.74, 6) is 0.651. The van der Waals surface area contributed by atoms with Crippen LogP contribution in [0.15, 0.2) is 42.6 Å². The Morgan fingerprint density at radius 1 is 1.18 bits per heavy atom. The number of hydrogen-bond donors (Lipinski definition) is 1. The normalized spacial score (nSPS) is 13.3. The second kappa shape index (κ2) is 4.96. The van der Waals surface area contributed by atoms with E-state index in [9.17, 15) is 0 Å². The number of pyridine rings is 1. The Morgan fingerprint density at radius 2 is 2.00 bits per heavy atom. The van der Waals surface area contributed by atoms with Crippen molar-refractivity contribution in [2.24, 2.45) is 0 Å². The molecule has 1 aliphatic heterocycles. The summed E-state index contributed by atoms with van der Waals surface area (Å²) in [4.78, 5) is 4.47. The summed E-state index contributed by atoms with van der Waals surface area (Å²) in [6.07, 6.45) is 1.84. The Bertz CT molecular complexity index is 839. The molecule has 0 bridgehead atoms. The number of ether oxygens (including phenoxy) is 1. The van der Waals surface area contributed by atoms with Crippen molar-refractivity contribution in [2.45, 2.75) is 20.1 Å². The maximum atomic E-state index is 6.24. The zero-order valence-electron chi connectivity index (χ0n) is 12.3. The number of aromatic nitrogens is 3. The van der Waals surface area contributed by atoms with E-state index >= 15 is 0 Å². The van der Waals surface area contributed by atoms with Gasteiger partial charge < -0.3 is 10.5 Å². The molecule has 0 saturated heterocycles. The van der Waals surface area contributed by atoms with Crippen molar-refractivity contribution < 1.29 is 4.74 Å². The second-order valence-electron chi connectivity index (χ2n) is 5.43. The van der Waals surface area contributed by atoms with Gasteiger partial charge in [0, 0.05) is 22.9 Å². The number of hydrogen-bond acceptors (Lipinski definition) is 4. The first-order valence-electron chi connectivity index (χ1n) is 7.20. The molecule has 1 aliphatic rings. The molecule has 2 aromatic heterocycles. The van der Waals surface area contributed by atoms with Crippen LogP contribution in [-0.2, 0) is 18.0 Å². The van der Waals surface area contributed by atoms with Gasteiger partial charge in [-0.05, 0) is 25.1 Å². The first kappa shape index (κ1) is 13.0. The Balaban J connectivity index is 1.83. The third kappa shape index (κ3) is 1.98. The predicted octanol–water partition coefficient (Wildman–Crippen LogP) is 2.86. The number of nitrogens with two attached hydrogens (primary N) is 1. The molecule has 3 aromatic rings. The molecule has 0 aliphatic carbocycles. The highest BCUT2D eigenvalue weighted by atomic mass is 16.5. The fourth-order valence-electron chi connectivity index (χ4n) is 2.73. The topological polar surface area (TPSA) is 66.0 Å². The molecule has 110 valence electrons. The quantitative estimate of drug-likeness (QED) is 0.788. The van der Waals surface area contributed by atoms with E-state index in [2.05, 4.69) is 16.1 Å². The van der Waals surface area contributed by atoms with Crippen molar-refractivity contribution in [3.63, 3.8) is 0 Å². The molecule has 0 unspecified atom stereocenters. The average molecular weight is 292 g/mol. The van der Waals surface area contributed by atoms with Gasteiger partial charge in [-0.1, -0.05) is 18.2 Å². The second-order valence-corrected chi connectivity index (χ2v) is 5.43. The third-order valence-electron chi connectivity index (χ3n) is 4.00. The molecule has 5 nitrogen and oxygen atoms in total. The van der Waals surface area contributed by atoms with E-state index < -0.39 is 0 Å². The molecule has 0 amide bonds. The Morgan fingerprint density at radius 3 is 2.82 bits per heavy atom. The largest absolute Gasteiger partial charge is 0.383 e. The Hall–Kier alpha value is -2.66. The lowest BCUT2D eigenvalue weighted by Gasteiger charge is -2.03. The zero-order valence-corrected chi connectivity index (χ0v) is 12.3. The van der Waals surface area contributed by atoms with Gasteiger partial charge in [0.15, 0.2) is 0 Å². The minimum absolute atomic E-state index is 0.592. The summed E-state index contributed by atoms with van der Waals surface area (Å²) in [6.45, 7) is 3.19. The smallest absolute Gasteiger partial charge is 0.130 e. The highest BCUT2D eigenvalue weighted by Crippen LogP contribution is 2.30. The van der Waals surface area contributed by atoms with Crippen molar-refractivity contribution in [2.75, 3.05) is 5.73 Å². The van der Waals surface area contributed by atoms with Gasteiger partial charge in [0.25, 0.3) is 0 Å². The van der Waals surface area contributed by atoms with Crippen LogP contribution in [0.3, 0.4) is 0 Å². The lowest BCUT2D eigenvalue weighted by atomic mass is 10.1. The minimum atomic E-state index is 0.592. The van der Waals surface area contributed by atoms with Crippen molar-refractivity contribution in [1.82, 2.24) is 14.8 Å². The van der Waals surface area contributed by atoms with E-state index in [1.807, 2.05) is 43.5 Å². The molecule has 0 radical (unpaired) electrons. The Kier molecular flexibility index (Phi) is 2.94. The molecule has 5 heteroatoms. The monoisotopic (exact) mass is 292 g/mol. The molecule has 0 atom stereocenters. The number of benzene rings is 1. The van der Waals surface area contributed by atoms with Gasteiger partial charge in [-0.15, -0.1) is 0 Å². The number of nitrogen functional groups attached to an aromatic ring is 1. The average Bonchev–Trinajstić information content (AvgIpc) is 3.13. The first-order valence-corrected chi connectivity index (χ1v) is 7.20. The number of fused-ring (bicyclic) bond motifs is 1. The lowest BCUT2D eigenvalue weighted by Crippen LogP contribution is -2.01. The molecule has 22 heavy (non-hydrogen) atoms.